The van der Waals surface area contributed by atoms with Gasteiger partial charge >= 0.3 is 0 Å². The summed E-state index contributed by atoms with van der Waals surface area (Å²) in [5.74, 6) is 1.30. The number of ether oxygens (including phenoxy) is 2. The molecule has 0 radical (unpaired) electrons. The van der Waals surface area contributed by atoms with Gasteiger partial charge in [0.05, 0.1) is 12.8 Å². The standard InChI is InChI=1S/C24H22ClNO3/c1-24(2)20-6-4-5-7-21(20)26(22(27)16-8-10-17(25)11-9-16)23(24)29-19-14-12-18(28-3)13-15-19/h4-15,23H,1-3H3/t23-/m0/s1. The molecular weight excluding hydrogens is 386 g/mol. The lowest BCUT2D eigenvalue weighted by Gasteiger charge is -2.33. The maximum absolute atomic E-state index is 13.5. The van der Waals surface area contributed by atoms with Gasteiger partial charge in [-0.25, -0.2) is 0 Å². The van der Waals surface area contributed by atoms with Crippen molar-refractivity contribution in [2.75, 3.05) is 12.0 Å². The predicted molar refractivity (Wildman–Crippen MR) is 115 cm³/mol. The van der Waals surface area contributed by atoms with Gasteiger partial charge in [-0.3, -0.25) is 9.69 Å². The van der Waals surface area contributed by atoms with Crippen LogP contribution in [0.4, 0.5) is 5.69 Å². The number of anilines is 1. The first-order valence-corrected chi connectivity index (χ1v) is 9.79. The third-order valence-electron chi connectivity index (χ3n) is 5.33. The molecule has 1 atom stereocenters. The molecule has 0 aliphatic carbocycles. The van der Waals surface area contributed by atoms with Crippen molar-refractivity contribution in [3.05, 3.63) is 88.9 Å². The van der Waals surface area contributed by atoms with Gasteiger partial charge in [-0.2, -0.15) is 0 Å². The van der Waals surface area contributed by atoms with E-state index in [1.54, 1.807) is 36.3 Å². The zero-order chi connectivity index (χ0) is 20.6. The van der Waals surface area contributed by atoms with E-state index in [2.05, 4.69) is 19.9 Å². The molecule has 0 unspecified atom stereocenters. The fourth-order valence-electron chi connectivity index (χ4n) is 3.74. The van der Waals surface area contributed by atoms with E-state index in [4.69, 9.17) is 21.1 Å². The van der Waals surface area contributed by atoms with E-state index in [9.17, 15) is 4.79 Å². The van der Waals surface area contributed by atoms with Gasteiger partial charge in [0.2, 0.25) is 0 Å². The Kier molecular flexibility index (Phi) is 4.97. The molecule has 1 heterocycles. The molecule has 0 bridgehead atoms. The summed E-state index contributed by atoms with van der Waals surface area (Å²) in [6.07, 6.45) is -0.503. The number of methoxy groups -OCH3 is 1. The monoisotopic (exact) mass is 407 g/mol. The van der Waals surface area contributed by atoms with E-state index in [0.717, 1.165) is 17.0 Å². The van der Waals surface area contributed by atoms with E-state index >= 15 is 0 Å². The number of nitrogens with zero attached hydrogens (tertiary/aromatic N) is 1. The Bertz CT molecular complexity index is 1030. The second kappa shape index (κ2) is 7.45. The Morgan fingerprint density at radius 1 is 0.931 bits per heavy atom. The smallest absolute Gasteiger partial charge is 0.261 e. The predicted octanol–water partition coefficient (Wildman–Crippen LogP) is 5.69. The second-order valence-corrected chi connectivity index (χ2v) is 8.00. The van der Waals surface area contributed by atoms with Crippen molar-refractivity contribution < 1.29 is 14.3 Å². The van der Waals surface area contributed by atoms with Gasteiger partial charge in [0.15, 0.2) is 6.23 Å². The van der Waals surface area contributed by atoms with Crippen molar-refractivity contribution >= 4 is 23.2 Å². The van der Waals surface area contributed by atoms with Gasteiger partial charge < -0.3 is 9.47 Å². The van der Waals surface area contributed by atoms with Crippen LogP contribution in [-0.4, -0.2) is 19.2 Å². The molecule has 0 spiro atoms. The first kappa shape index (κ1) is 19.3. The molecule has 4 rings (SSSR count). The van der Waals surface area contributed by atoms with Crippen molar-refractivity contribution in [1.82, 2.24) is 0 Å². The third kappa shape index (κ3) is 3.45. The first-order valence-electron chi connectivity index (χ1n) is 9.41. The summed E-state index contributed by atoms with van der Waals surface area (Å²) in [6, 6.07) is 22.2. The number of fused-ring (bicyclic) bond motifs is 1. The van der Waals surface area contributed by atoms with Crippen molar-refractivity contribution in [1.29, 1.82) is 0 Å². The van der Waals surface area contributed by atoms with E-state index in [-0.39, 0.29) is 5.91 Å². The van der Waals surface area contributed by atoms with Crippen LogP contribution in [0.2, 0.25) is 5.02 Å². The molecule has 0 saturated carbocycles. The average Bonchev–Trinajstić information content (AvgIpc) is 2.96. The van der Waals surface area contributed by atoms with E-state index in [0.29, 0.717) is 16.3 Å². The van der Waals surface area contributed by atoms with Gasteiger partial charge in [0, 0.05) is 16.0 Å². The molecule has 0 fully saturated rings. The molecule has 0 saturated heterocycles. The molecule has 29 heavy (non-hydrogen) atoms. The number of hydrogen-bond acceptors (Lipinski definition) is 3. The lowest BCUT2D eigenvalue weighted by Crippen LogP contribution is -2.48. The number of carbonyl (C=O) groups is 1. The molecule has 3 aromatic carbocycles. The zero-order valence-corrected chi connectivity index (χ0v) is 17.3. The lowest BCUT2D eigenvalue weighted by atomic mass is 9.85. The molecule has 5 heteroatoms. The molecule has 3 aromatic rings. The van der Waals surface area contributed by atoms with Gasteiger partial charge in [0.25, 0.3) is 5.91 Å². The molecule has 0 N–H and O–H groups in total. The Balaban J connectivity index is 1.75. The highest BCUT2D eigenvalue weighted by atomic mass is 35.5. The quantitative estimate of drug-likeness (QED) is 0.557. The van der Waals surface area contributed by atoms with Crippen LogP contribution in [0.15, 0.2) is 72.8 Å². The Labute approximate surface area is 175 Å². The summed E-state index contributed by atoms with van der Waals surface area (Å²) < 4.78 is 11.6. The van der Waals surface area contributed by atoms with Crippen molar-refractivity contribution in [2.45, 2.75) is 25.5 Å². The molecular formula is C24H22ClNO3. The normalized spacial score (nSPS) is 17.0. The van der Waals surface area contributed by atoms with Crippen LogP contribution in [-0.2, 0) is 5.41 Å². The van der Waals surface area contributed by atoms with Gasteiger partial charge in [0.1, 0.15) is 11.5 Å². The fourth-order valence-corrected chi connectivity index (χ4v) is 3.87. The van der Waals surface area contributed by atoms with Crippen molar-refractivity contribution in [3.8, 4) is 11.5 Å². The topological polar surface area (TPSA) is 38.8 Å². The third-order valence-corrected chi connectivity index (χ3v) is 5.58. The van der Waals surface area contributed by atoms with Crippen molar-refractivity contribution in [3.63, 3.8) is 0 Å². The molecule has 1 aliphatic rings. The van der Waals surface area contributed by atoms with Crippen LogP contribution < -0.4 is 14.4 Å². The summed E-state index contributed by atoms with van der Waals surface area (Å²) in [5.41, 5.74) is 2.08. The Hall–Kier alpha value is -2.98. The minimum atomic E-state index is -0.503. The highest BCUT2D eigenvalue weighted by Crippen LogP contribution is 2.46. The minimum absolute atomic E-state index is 0.127. The maximum Gasteiger partial charge on any atom is 0.261 e. The van der Waals surface area contributed by atoms with Crippen LogP contribution in [0.25, 0.3) is 0 Å². The Morgan fingerprint density at radius 2 is 1.55 bits per heavy atom. The number of benzene rings is 3. The zero-order valence-electron chi connectivity index (χ0n) is 16.6. The van der Waals surface area contributed by atoms with E-state index in [1.807, 2.05) is 42.5 Å². The first-order chi connectivity index (χ1) is 13.9. The SMILES string of the molecule is COc1ccc(O[C@@H]2N(C(=O)c3ccc(Cl)cc3)c3ccccc3C2(C)C)cc1. The average molecular weight is 408 g/mol. The summed E-state index contributed by atoms with van der Waals surface area (Å²) in [7, 11) is 1.62. The molecule has 1 aliphatic heterocycles. The number of rotatable bonds is 4. The number of amides is 1. The molecule has 148 valence electrons. The van der Waals surface area contributed by atoms with Crippen LogP contribution >= 0.6 is 11.6 Å². The molecule has 1 amide bonds. The second-order valence-electron chi connectivity index (χ2n) is 7.57. The minimum Gasteiger partial charge on any atom is -0.497 e. The summed E-state index contributed by atoms with van der Waals surface area (Å²) in [6.45, 7) is 4.18. The number of para-hydroxylation sites is 1. The van der Waals surface area contributed by atoms with Crippen LogP contribution in [0.5, 0.6) is 11.5 Å². The van der Waals surface area contributed by atoms with Gasteiger partial charge in [-0.05, 0) is 60.2 Å². The highest BCUT2D eigenvalue weighted by molar-refractivity contribution is 6.30. The van der Waals surface area contributed by atoms with Gasteiger partial charge in [-0.1, -0.05) is 43.6 Å². The number of hydrogen-bond donors (Lipinski definition) is 0. The summed E-state index contributed by atoms with van der Waals surface area (Å²) in [4.78, 5) is 15.2. The summed E-state index contributed by atoms with van der Waals surface area (Å²) >= 11 is 6.00. The largest absolute Gasteiger partial charge is 0.497 e. The Morgan fingerprint density at radius 3 is 2.21 bits per heavy atom. The highest BCUT2D eigenvalue weighted by Gasteiger charge is 2.49. The number of halogens is 1. The number of carbonyl (C=O) groups excluding carboxylic acids is 1. The molecule has 4 nitrogen and oxygen atoms in total. The van der Waals surface area contributed by atoms with Crippen LogP contribution in [0.1, 0.15) is 29.8 Å². The van der Waals surface area contributed by atoms with Crippen LogP contribution in [0, 0.1) is 0 Å². The summed E-state index contributed by atoms with van der Waals surface area (Å²) in [5, 5.41) is 0.592. The maximum atomic E-state index is 13.5. The van der Waals surface area contributed by atoms with Crippen LogP contribution in [0.3, 0.4) is 0 Å². The fraction of sp³-hybridized carbons (Fsp3) is 0.208. The lowest BCUT2D eigenvalue weighted by molar-refractivity contribution is 0.0848. The van der Waals surface area contributed by atoms with Crippen molar-refractivity contribution in [2.24, 2.45) is 0 Å². The van der Waals surface area contributed by atoms with Gasteiger partial charge in [-0.15, -0.1) is 0 Å². The molecule has 0 aromatic heterocycles. The van der Waals surface area contributed by atoms with E-state index in [1.165, 1.54) is 0 Å². The van der Waals surface area contributed by atoms with E-state index < -0.39 is 11.6 Å².